The lowest BCUT2D eigenvalue weighted by molar-refractivity contribution is -0.118. The SMILES string of the molecule is Cc1ccc(OCC(=O)Nc2ccc(-c3nc4cccnc4s3)cc2)cc1C. The van der Waals surface area contributed by atoms with Crippen molar-refractivity contribution in [1.82, 2.24) is 9.97 Å². The molecule has 0 spiro atoms. The molecule has 0 aliphatic carbocycles. The van der Waals surface area contributed by atoms with Crippen LogP contribution in [-0.4, -0.2) is 22.5 Å². The van der Waals surface area contributed by atoms with Gasteiger partial charge in [0.25, 0.3) is 5.91 Å². The van der Waals surface area contributed by atoms with Gasteiger partial charge in [0.05, 0.1) is 0 Å². The first-order valence-corrected chi connectivity index (χ1v) is 9.72. The summed E-state index contributed by atoms with van der Waals surface area (Å²) in [6.07, 6.45) is 1.77. The maximum atomic E-state index is 12.2. The van der Waals surface area contributed by atoms with Crippen LogP contribution in [0.4, 0.5) is 5.69 Å². The zero-order chi connectivity index (χ0) is 19.5. The quantitative estimate of drug-likeness (QED) is 0.522. The summed E-state index contributed by atoms with van der Waals surface area (Å²) in [6.45, 7) is 4.03. The zero-order valence-corrected chi connectivity index (χ0v) is 16.4. The number of carbonyl (C=O) groups excluding carboxylic acids is 1. The molecule has 2 heterocycles. The van der Waals surface area contributed by atoms with E-state index in [2.05, 4.69) is 15.3 Å². The van der Waals surface area contributed by atoms with Crippen LogP contribution in [-0.2, 0) is 4.79 Å². The molecule has 0 radical (unpaired) electrons. The zero-order valence-electron chi connectivity index (χ0n) is 15.6. The highest BCUT2D eigenvalue weighted by atomic mass is 32.1. The van der Waals surface area contributed by atoms with Crippen molar-refractivity contribution in [3.05, 3.63) is 71.9 Å². The number of amides is 1. The molecular formula is C22H19N3O2S. The second kappa shape index (κ2) is 7.78. The van der Waals surface area contributed by atoms with Crippen molar-refractivity contribution >= 4 is 33.3 Å². The molecule has 0 fully saturated rings. The van der Waals surface area contributed by atoms with E-state index in [0.29, 0.717) is 5.75 Å². The van der Waals surface area contributed by atoms with E-state index in [1.165, 1.54) is 5.56 Å². The molecule has 0 atom stereocenters. The number of aryl methyl sites for hydroxylation is 2. The fourth-order valence-electron chi connectivity index (χ4n) is 2.74. The van der Waals surface area contributed by atoms with Gasteiger partial charge in [-0.05, 0) is 73.5 Å². The van der Waals surface area contributed by atoms with E-state index in [9.17, 15) is 4.79 Å². The molecule has 4 aromatic rings. The van der Waals surface area contributed by atoms with Gasteiger partial charge in [-0.2, -0.15) is 0 Å². The lowest BCUT2D eigenvalue weighted by Crippen LogP contribution is -2.20. The molecule has 1 amide bonds. The average Bonchev–Trinajstić information content (AvgIpc) is 3.14. The number of rotatable bonds is 5. The number of hydrogen-bond donors (Lipinski definition) is 1. The van der Waals surface area contributed by atoms with E-state index in [1.807, 2.05) is 68.4 Å². The number of pyridine rings is 1. The molecule has 6 heteroatoms. The summed E-state index contributed by atoms with van der Waals surface area (Å²) >= 11 is 1.55. The maximum absolute atomic E-state index is 12.2. The van der Waals surface area contributed by atoms with Gasteiger partial charge in [0.2, 0.25) is 0 Å². The summed E-state index contributed by atoms with van der Waals surface area (Å²) in [5.41, 5.74) is 4.94. The molecule has 0 bridgehead atoms. The smallest absolute Gasteiger partial charge is 0.262 e. The minimum atomic E-state index is -0.199. The van der Waals surface area contributed by atoms with Crippen LogP contribution in [0.2, 0.25) is 0 Å². The molecule has 140 valence electrons. The van der Waals surface area contributed by atoms with Crippen LogP contribution in [0, 0.1) is 13.8 Å². The van der Waals surface area contributed by atoms with Crippen molar-refractivity contribution in [3.8, 4) is 16.3 Å². The Morgan fingerprint density at radius 3 is 2.64 bits per heavy atom. The van der Waals surface area contributed by atoms with E-state index >= 15 is 0 Å². The third-order valence-corrected chi connectivity index (χ3v) is 5.46. The molecule has 2 aromatic heterocycles. The molecule has 0 unspecified atom stereocenters. The van der Waals surface area contributed by atoms with Gasteiger partial charge < -0.3 is 10.1 Å². The fourth-order valence-corrected chi connectivity index (χ4v) is 3.65. The van der Waals surface area contributed by atoms with Crippen LogP contribution < -0.4 is 10.1 Å². The van der Waals surface area contributed by atoms with Gasteiger partial charge >= 0.3 is 0 Å². The number of nitrogens with zero attached hydrogens (tertiary/aromatic N) is 2. The predicted molar refractivity (Wildman–Crippen MR) is 113 cm³/mol. The number of thiazole rings is 1. The highest BCUT2D eigenvalue weighted by Crippen LogP contribution is 2.29. The van der Waals surface area contributed by atoms with Crippen LogP contribution in [0.15, 0.2) is 60.8 Å². The molecule has 4 rings (SSSR count). The van der Waals surface area contributed by atoms with Gasteiger partial charge in [-0.1, -0.05) is 17.4 Å². The summed E-state index contributed by atoms with van der Waals surface area (Å²) in [6, 6.07) is 17.2. The van der Waals surface area contributed by atoms with Crippen LogP contribution in [0.25, 0.3) is 20.9 Å². The van der Waals surface area contributed by atoms with Crippen LogP contribution in [0.3, 0.4) is 0 Å². The molecule has 2 aromatic carbocycles. The predicted octanol–water partition coefficient (Wildman–Crippen LogP) is 4.99. The number of benzene rings is 2. The number of aromatic nitrogens is 2. The van der Waals surface area contributed by atoms with Crippen LogP contribution >= 0.6 is 11.3 Å². The Labute approximate surface area is 167 Å². The van der Waals surface area contributed by atoms with Gasteiger partial charge in [0.1, 0.15) is 21.1 Å². The molecule has 5 nitrogen and oxygen atoms in total. The van der Waals surface area contributed by atoms with Gasteiger partial charge in [-0.15, -0.1) is 0 Å². The highest BCUT2D eigenvalue weighted by molar-refractivity contribution is 7.21. The lowest BCUT2D eigenvalue weighted by Gasteiger charge is -2.09. The topological polar surface area (TPSA) is 64.1 Å². The van der Waals surface area contributed by atoms with E-state index in [1.54, 1.807) is 17.5 Å². The third kappa shape index (κ3) is 4.02. The number of carbonyl (C=O) groups is 1. The molecule has 0 saturated carbocycles. The number of ether oxygens (including phenoxy) is 1. The Morgan fingerprint density at radius 2 is 1.89 bits per heavy atom. The van der Waals surface area contributed by atoms with E-state index in [0.717, 1.165) is 32.2 Å². The standard InChI is InChI=1S/C22H19N3O2S/c1-14-5-10-18(12-15(14)2)27-13-20(26)24-17-8-6-16(7-9-17)21-25-19-4-3-11-23-22(19)28-21/h3-12H,13H2,1-2H3,(H,24,26). The Bertz CT molecular complexity index is 1100. The number of anilines is 1. The fraction of sp³-hybridized carbons (Fsp3) is 0.136. The molecule has 0 aliphatic rings. The second-order valence-corrected chi connectivity index (χ2v) is 7.48. The normalized spacial score (nSPS) is 10.8. The first-order valence-electron chi connectivity index (χ1n) is 8.90. The van der Waals surface area contributed by atoms with Crippen LogP contribution in [0.1, 0.15) is 11.1 Å². The summed E-state index contributed by atoms with van der Waals surface area (Å²) in [7, 11) is 0. The van der Waals surface area contributed by atoms with Crippen molar-refractivity contribution in [3.63, 3.8) is 0 Å². The Hall–Kier alpha value is -3.25. The maximum Gasteiger partial charge on any atom is 0.262 e. The van der Waals surface area contributed by atoms with Crippen molar-refractivity contribution < 1.29 is 9.53 Å². The average molecular weight is 389 g/mol. The largest absolute Gasteiger partial charge is 0.484 e. The molecule has 28 heavy (non-hydrogen) atoms. The molecule has 1 N–H and O–H groups in total. The number of fused-ring (bicyclic) bond motifs is 1. The minimum absolute atomic E-state index is 0.0339. The third-order valence-electron chi connectivity index (χ3n) is 4.43. The Morgan fingerprint density at radius 1 is 1.07 bits per heavy atom. The summed E-state index contributed by atoms with van der Waals surface area (Å²) < 4.78 is 5.58. The van der Waals surface area contributed by atoms with Gasteiger partial charge in [0, 0.05) is 17.4 Å². The van der Waals surface area contributed by atoms with E-state index in [-0.39, 0.29) is 12.5 Å². The van der Waals surface area contributed by atoms with Crippen LogP contribution in [0.5, 0.6) is 5.75 Å². The lowest BCUT2D eigenvalue weighted by atomic mass is 10.1. The van der Waals surface area contributed by atoms with Gasteiger partial charge in [0.15, 0.2) is 6.61 Å². The second-order valence-electron chi connectivity index (χ2n) is 6.51. The first kappa shape index (κ1) is 18.1. The molecule has 0 saturated heterocycles. The van der Waals surface area contributed by atoms with Crippen molar-refractivity contribution in [2.75, 3.05) is 11.9 Å². The number of hydrogen-bond acceptors (Lipinski definition) is 5. The van der Waals surface area contributed by atoms with Crippen molar-refractivity contribution in [2.45, 2.75) is 13.8 Å². The van der Waals surface area contributed by atoms with Crippen molar-refractivity contribution in [1.29, 1.82) is 0 Å². The number of nitrogens with one attached hydrogen (secondary N) is 1. The van der Waals surface area contributed by atoms with E-state index < -0.39 is 0 Å². The van der Waals surface area contributed by atoms with Crippen molar-refractivity contribution in [2.24, 2.45) is 0 Å². The minimum Gasteiger partial charge on any atom is -0.484 e. The Kier molecular flexibility index (Phi) is 5.04. The summed E-state index contributed by atoms with van der Waals surface area (Å²) in [4.78, 5) is 22.0. The highest BCUT2D eigenvalue weighted by Gasteiger charge is 2.08. The first-order chi connectivity index (χ1) is 13.6. The van der Waals surface area contributed by atoms with Gasteiger partial charge in [-0.3, -0.25) is 4.79 Å². The summed E-state index contributed by atoms with van der Waals surface area (Å²) in [5, 5.41) is 3.76. The van der Waals surface area contributed by atoms with Gasteiger partial charge in [-0.25, -0.2) is 9.97 Å². The monoisotopic (exact) mass is 389 g/mol. The Balaban J connectivity index is 1.38. The van der Waals surface area contributed by atoms with E-state index in [4.69, 9.17) is 4.74 Å². The summed E-state index contributed by atoms with van der Waals surface area (Å²) in [5.74, 6) is 0.494. The molecule has 0 aliphatic heterocycles. The molecular weight excluding hydrogens is 370 g/mol.